The summed E-state index contributed by atoms with van der Waals surface area (Å²) in [6.45, 7) is 11.5. The van der Waals surface area contributed by atoms with E-state index in [4.69, 9.17) is 0 Å². The molecule has 166 valence electrons. The van der Waals surface area contributed by atoms with Crippen LogP contribution in [0.15, 0.2) is 72.9 Å². The number of aryl methyl sites for hydroxylation is 3. The lowest BCUT2D eigenvalue weighted by Crippen LogP contribution is -2.32. The molecule has 1 aromatic heterocycles. The second-order valence-corrected chi connectivity index (χ2v) is 10.9. The molecule has 0 unspecified atom stereocenters. The first-order valence-corrected chi connectivity index (χ1v) is 12.0. The van der Waals surface area contributed by atoms with Crippen LogP contribution in [0.1, 0.15) is 48.6 Å². The fourth-order valence-corrected chi connectivity index (χ4v) is 5.46. The van der Waals surface area contributed by atoms with E-state index in [1.807, 2.05) is 0 Å². The average Bonchev–Trinajstić information content (AvgIpc) is 3.13. The number of benzene rings is 3. The van der Waals surface area contributed by atoms with Crippen LogP contribution in [0.4, 0.5) is 0 Å². The molecule has 0 spiro atoms. The van der Waals surface area contributed by atoms with Crippen LogP contribution in [0.2, 0.25) is 0 Å². The van der Waals surface area contributed by atoms with Crippen LogP contribution in [-0.4, -0.2) is 0 Å². The van der Waals surface area contributed by atoms with Gasteiger partial charge in [0.25, 0.3) is 0 Å². The second kappa shape index (κ2) is 7.99. The molecule has 3 aromatic carbocycles. The smallest absolute Gasteiger partial charge is 0.200 e. The number of aromatic nitrogens is 1. The molecule has 0 fully saturated rings. The third-order valence-corrected chi connectivity index (χ3v) is 6.97. The molecule has 0 saturated carbocycles. The summed E-state index contributed by atoms with van der Waals surface area (Å²) in [5.41, 5.74) is 15.4. The molecule has 1 aliphatic rings. The van der Waals surface area contributed by atoms with E-state index >= 15 is 0 Å². The summed E-state index contributed by atoms with van der Waals surface area (Å²) in [6, 6.07) is 24.7. The van der Waals surface area contributed by atoms with Crippen molar-refractivity contribution in [1.82, 2.24) is 0 Å². The van der Waals surface area contributed by atoms with Gasteiger partial charge in [-0.1, -0.05) is 81.4 Å². The lowest BCUT2D eigenvalue weighted by Gasteiger charge is -2.22. The second-order valence-electron chi connectivity index (χ2n) is 10.9. The summed E-state index contributed by atoms with van der Waals surface area (Å²) >= 11 is 0. The van der Waals surface area contributed by atoms with Gasteiger partial charge < -0.3 is 0 Å². The Balaban J connectivity index is 1.74. The Kier molecular flexibility index (Phi) is 5.24. The molecule has 0 N–H and O–H groups in total. The van der Waals surface area contributed by atoms with E-state index in [0.717, 1.165) is 12.8 Å². The normalized spacial score (nSPS) is 12.5. The van der Waals surface area contributed by atoms with E-state index in [-0.39, 0.29) is 5.41 Å². The summed E-state index contributed by atoms with van der Waals surface area (Å²) < 4.78 is 2.35. The van der Waals surface area contributed by atoms with E-state index in [0.29, 0.717) is 0 Å². The maximum atomic E-state index is 2.47. The fourth-order valence-electron chi connectivity index (χ4n) is 5.46. The minimum Gasteiger partial charge on any atom is -0.200 e. The Labute approximate surface area is 198 Å². The van der Waals surface area contributed by atoms with Crippen molar-refractivity contribution >= 4 is 0 Å². The molecule has 0 saturated heterocycles. The first kappa shape index (κ1) is 21.6. The van der Waals surface area contributed by atoms with Crippen molar-refractivity contribution in [3.63, 3.8) is 0 Å². The predicted molar refractivity (Wildman–Crippen MR) is 139 cm³/mol. The van der Waals surface area contributed by atoms with Gasteiger partial charge in [-0.05, 0) is 76.6 Å². The van der Waals surface area contributed by atoms with Crippen LogP contribution in [0, 0.1) is 19.3 Å². The number of fused-ring (bicyclic) bond motifs is 3. The number of nitrogens with zero attached hydrogens (tertiary/aromatic N) is 1. The molecule has 5 rings (SSSR count). The maximum Gasteiger partial charge on any atom is 0.213 e. The molecule has 0 atom stereocenters. The third-order valence-electron chi connectivity index (χ3n) is 6.97. The lowest BCUT2D eigenvalue weighted by atomic mass is 9.83. The predicted octanol–water partition coefficient (Wildman–Crippen LogP) is 7.62. The molecule has 33 heavy (non-hydrogen) atoms. The highest BCUT2D eigenvalue weighted by atomic mass is 14.9. The number of hydrogen-bond acceptors (Lipinski definition) is 0. The van der Waals surface area contributed by atoms with Gasteiger partial charge in [0, 0.05) is 11.6 Å². The Morgan fingerprint density at radius 2 is 1.45 bits per heavy atom. The molecule has 1 aliphatic carbocycles. The van der Waals surface area contributed by atoms with Gasteiger partial charge in [-0.25, -0.2) is 4.57 Å². The Morgan fingerprint density at radius 1 is 0.758 bits per heavy atom. The minimum absolute atomic E-state index is 0.207. The summed E-state index contributed by atoms with van der Waals surface area (Å²) in [5.74, 6) is 0. The van der Waals surface area contributed by atoms with Crippen molar-refractivity contribution in [2.45, 2.75) is 47.5 Å². The highest BCUT2D eigenvalue weighted by Crippen LogP contribution is 2.43. The standard InChI is InChI=1S/C32H34N/c1-21-11-7-9-13-25(21)29-20-33(6)30(18-24(29)19-32(3,4)5)31-22(2)15-16-27-26-14-10-8-12-23(26)17-28(27)31/h7-16,18,20H,17,19H2,1-6H3/q+1. The van der Waals surface area contributed by atoms with E-state index in [1.54, 1.807) is 0 Å². The van der Waals surface area contributed by atoms with Gasteiger partial charge in [-0.15, -0.1) is 0 Å². The zero-order valence-corrected chi connectivity index (χ0v) is 20.8. The van der Waals surface area contributed by atoms with Crippen molar-refractivity contribution in [3.8, 4) is 33.5 Å². The first-order chi connectivity index (χ1) is 15.7. The average molecular weight is 433 g/mol. The first-order valence-electron chi connectivity index (χ1n) is 12.0. The third kappa shape index (κ3) is 3.91. The van der Waals surface area contributed by atoms with Crippen LogP contribution in [0.25, 0.3) is 33.5 Å². The molecule has 4 aromatic rings. The fraction of sp³-hybridized carbons (Fsp3) is 0.281. The monoisotopic (exact) mass is 432 g/mol. The molecule has 0 radical (unpaired) electrons. The summed E-state index contributed by atoms with van der Waals surface area (Å²) in [7, 11) is 2.21. The van der Waals surface area contributed by atoms with Crippen molar-refractivity contribution in [2.24, 2.45) is 12.5 Å². The van der Waals surface area contributed by atoms with Gasteiger partial charge in [0.2, 0.25) is 5.69 Å². The highest BCUT2D eigenvalue weighted by Gasteiger charge is 2.28. The maximum absolute atomic E-state index is 2.47. The van der Waals surface area contributed by atoms with Gasteiger partial charge in [-0.2, -0.15) is 0 Å². The van der Waals surface area contributed by atoms with Gasteiger partial charge in [0.05, 0.1) is 5.56 Å². The van der Waals surface area contributed by atoms with Crippen LogP contribution >= 0.6 is 0 Å². The zero-order chi connectivity index (χ0) is 23.3. The van der Waals surface area contributed by atoms with Gasteiger partial charge in [0.1, 0.15) is 7.05 Å². The van der Waals surface area contributed by atoms with Crippen molar-refractivity contribution in [3.05, 3.63) is 101 Å². The highest BCUT2D eigenvalue weighted by molar-refractivity contribution is 5.85. The summed E-state index contributed by atoms with van der Waals surface area (Å²) in [5, 5.41) is 0. The summed E-state index contributed by atoms with van der Waals surface area (Å²) in [6.07, 6.45) is 4.41. The lowest BCUT2D eigenvalue weighted by molar-refractivity contribution is -0.660. The largest absolute Gasteiger partial charge is 0.213 e. The number of rotatable bonds is 3. The molecule has 0 aliphatic heterocycles. The minimum atomic E-state index is 0.207. The van der Waals surface area contributed by atoms with Crippen LogP contribution in [-0.2, 0) is 19.9 Å². The number of pyridine rings is 1. The van der Waals surface area contributed by atoms with E-state index in [9.17, 15) is 0 Å². The molecule has 0 bridgehead atoms. The topological polar surface area (TPSA) is 3.88 Å². The Bertz CT molecular complexity index is 1370. The van der Waals surface area contributed by atoms with Crippen molar-refractivity contribution < 1.29 is 4.57 Å². The quantitative estimate of drug-likeness (QED) is 0.258. The molecule has 1 heterocycles. The Hall–Kier alpha value is -3.19. The molecule has 1 nitrogen and oxygen atoms in total. The van der Waals surface area contributed by atoms with E-state index in [2.05, 4.69) is 119 Å². The van der Waals surface area contributed by atoms with Crippen LogP contribution in [0.3, 0.4) is 0 Å². The van der Waals surface area contributed by atoms with Crippen LogP contribution in [0.5, 0.6) is 0 Å². The van der Waals surface area contributed by atoms with E-state index < -0.39 is 0 Å². The summed E-state index contributed by atoms with van der Waals surface area (Å²) in [4.78, 5) is 0. The van der Waals surface area contributed by atoms with Gasteiger partial charge in [0.15, 0.2) is 6.20 Å². The van der Waals surface area contributed by atoms with Gasteiger partial charge in [-0.3, -0.25) is 0 Å². The SMILES string of the molecule is Cc1ccccc1-c1c[n+](C)c(-c2c(C)ccc3c2Cc2ccccc2-3)cc1CC(C)(C)C. The van der Waals surface area contributed by atoms with Gasteiger partial charge >= 0.3 is 0 Å². The molecular weight excluding hydrogens is 398 g/mol. The number of hydrogen-bond donors (Lipinski definition) is 0. The molecule has 0 amide bonds. The van der Waals surface area contributed by atoms with Crippen molar-refractivity contribution in [2.75, 3.05) is 0 Å². The van der Waals surface area contributed by atoms with E-state index in [1.165, 1.54) is 61.3 Å². The Morgan fingerprint density at radius 3 is 2.18 bits per heavy atom. The molecular formula is C32H34N+. The zero-order valence-electron chi connectivity index (χ0n) is 20.8. The van der Waals surface area contributed by atoms with Crippen molar-refractivity contribution in [1.29, 1.82) is 0 Å². The van der Waals surface area contributed by atoms with Crippen LogP contribution < -0.4 is 4.57 Å². The molecule has 1 heteroatoms.